The Hall–Kier alpha value is -4.14. The molecule has 0 fully saturated rings. The van der Waals surface area contributed by atoms with Crippen LogP contribution < -0.4 is 5.32 Å². The van der Waals surface area contributed by atoms with Crippen molar-refractivity contribution in [3.05, 3.63) is 77.8 Å². The molecule has 9 heteroatoms. The van der Waals surface area contributed by atoms with E-state index in [4.69, 9.17) is 5.11 Å². The Morgan fingerprint density at radius 2 is 1.76 bits per heavy atom. The Morgan fingerprint density at radius 3 is 2.48 bits per heavy atom. The maximum absolute atomic E-state index is 13.4. The fourth-order valence-corrected chi connectivity index (χ4v) is 2.75. The Balaban J connectivity index is 1.71. The normalized spacial score (nSPS) is 11.2. The van der Waals surface area contributed by atoms with Crippen LogP contribution in [0.1, 0.15) is 11.3 Å². The number of fused-ring (bicyclic) bond motifs is 1. The van der Waals surface area contributed by atoms with E-state index in [2.05, 4.69) is 20.4 Å². The number of hydrogen-bond donors (Lipinski definition) is 2. The highest BCUT2D eigenvalue weighted by Gasteiger charge is 2.13. The smallest absolute Gasteiger partial charge is 0.410 e. The number of aromatic nitrogens is 4. The van der Waals surface area contributed by atoms with Crippen LogP contribution in [0.2, 0.25) is 0 Å². The Bertz CT molecular complexity index is 1240. The molecule has 0 spiro atoms. The third kappa shape index (κ3) is 3.79. The number of carbonyl (C=O) groups is 1. The van der Waals surface area contributed by atoms with Crippen LogP contribution in [-0.4, -0.2) is 30.9 Å². The fraction of sp³-hybridized carbons (Fsp3) is 0. The molecule has 0 aliphatic heterocycles. The lowest BCUT2D eigenvalue weighted by Gasteiger charge is -2.07. The van der Waals surface area contributed by atoms with Crippen LogP contribution in [0.4, 0.5) is 19.4 Å². The second-order valence-corrected chi connectivity index (χ2v) is 6.01. The summed E-state index contributed by atoms with van der Waals surface area (Å²) < 4.78 is 28.2. The first-order chi connectivity index (χ1) is 14.0. The third-order valence-corrected chi connectivity index (χ3v) is 4.06. The minimum Gasteiger partial charge on any atom is -0.465 e. The topological polar surface area (TPSA) is 92.9 Å². The summed E-state index contributed by atoms with van der Waals surface area (Å²) in [6, 6.07) is 11.0. The van der Waals surface area contributed by atoms with Gasteiger partial charge in [0.15, 0.2) is 11.6 Å². The highest BCUT2D eigenvalue weighted by atomic mass is 19.2. The molecule has 144 valence electrons. The molecule has 2 aromatic carbocycles. The predicted molar refractivity (Wildman–Crippen MR) is 104 cm³/mol. The van der Waals surface area contributed by atoms with Crippen LogP contribution in [0.5, 0.6) is 0 Å². The van der Waals surface area contributed by atoms with Crippen molar-refractivity contribution in [1.29, 1.82) is 0 Å². The summed E-state index contributed by atoms with van der Waals surface area (Å²) in [5.74, 6) is -1.75. The maximum Gasteiger partial charge on any atom is 0.410 e. The molecule has 2 aromatic heterocycles. The molecule has 0 saturated carbocycles. The van der Waals surface area contributed by atoms with Gasteiger partial charge in [-0.2, -0.15) is 5.10 Å². The number of hydrogen-bond acceptors (Lipinski definition) is 4. The Morgan fingerprint density at radius 1 is 1.03 bits per heavy atom. The summed E-state index contributed by atoms with van der Waals surface area (Å²) in [4.78, 5) is 19.5. The summed E-state index contributed by atoms with van der Waals surface area (Å²) in [5, 5.41) is 15.7. The highest BCUT2D eigenvalue weighted by molar-refractivity contribution is 5.87. The standard InChI is InChI=1S/C20H13F2N5O2/c21-15-8-17-18(9-16(15)22)25-13(11-23-17)7-6-12-10-24-27(19(12)26-20(28)29)14-4-2-1-3-5-14/h1-11,26H,(H,28,29)/b7-6+. The minimum absolute atomic E-state index is 0.204. The molecular weight excluding hydrogens is 380 g/mol. The average molecular weight is 393 g/mol. The number of nitrogens with zero attached hydrogens (tertiary/aromatic N) is 4. The Labute approximate surface area is 163 Å². The second-order valence-electron chi connectivity index (χ2n) is 6.01. The van der Waals surface area contributed by atoms with Gasteiger partial charge in [-0.15, -0.1) is 0 Å². The summed E-state index contributed by atoms with van der Waals surface area (Å²) in [7, 11) is 0. The van der Waals surface area contributed by atoms with Gasteiger partial charge in [0.05, 0.1) is 34.8 Å². The van der Waals surface area contributed by atoms with Gasteiger partial charge in [0.2, 0.25) is 0 Å². The van der Waals surface area contributed by atoms with E-state index in [1.807, 2.05) is 18.2 Å². The van der Waals surface area contributed by atoms with E-state index < -0.39 is 17.7 Å². The summed E-state index contributed by atoms with van der Waals surface area (Å²) in [5.41, 5.74) is 1.99. The molecule has 2 heterocycles. The van der Waals surface area contributed by atoms with E-state index in [1.165, 1.54) is 17.1 Å². The van der Waals surface area contributed by atoms with Gasteiger partial charge in [-0.25, -0.2) is 23.2 Å². The van der Waals surface area contributed by atoms with Crippen LogP contribution in [0.15, 0.2) is 54.9 Å². The van der Waals surface area contributed by atoms with Crippen molar-refractivity contribution >= 4 is 35.1 Å². The lowest BCUT2D eigenvalue weighted by molar-refractivity contribution is 0.209. The molecule has 1 amide bonds. The molecule has 0 aliphatic rings. The maximum atomic E-state index is 13.4. The van der Waals surface area contributed by atoms with Crippen molar-refractivity contribution in [1.82, 2.24) is 19.7 Å². The molecule has 29 heavy (non-hydrogen) atoms. The van der Waals surface area contributed by atoms with E-state index in [9.17, 15) is 13.6 Å². The SMILES string of the molecule is O=C(O)Nc1c(/C=C/c2cnc3cc(F)c(F)cc3n2)cnn1-c1ccccc1. The number of halogens is 2. The second kappa shape index (κ2) is 7.47. The number of nitrogens with one attached hydrogen (secondary N) is 1. The van der Waals surface area contributed by atoms with Gasteiger partial charge in [0.25, 0.3) is 0 Å². The van der Waals surface area contributed by atoms with E-state index in [1.54, 1.807) is 24.3 Å². The van der Waals surface area contributed by atoms with Gasteiger partial charge < -0.3 is 5.11 Å². The van der Waals surface area contributed by atoms with Crippen molar-refractivity contribution in [2.75, 3.05) is 5.32 Å². The lowest BCUT2D eigenvalue weighted by atomic mass is 10.2. The molecule has 4 aromatic rings. The van der Waals surface area contributed by atoms with Crippen molar-refractivity contribution < 1.29 is 18.7 Å². The number of para-hydroxylation sites is 1. The van der Waals surface area contributed by atoms with Crippen molar-refractivity contribution in [2.45, 2.75) is 0 Å². The molecule has 4 rings (SSSR count). The molecule has 2 N–H and O–H groups in total. The first kappa shape index (κ1) is 18.2. The predicted octanol–water partition coefficient (Wildman–Crippen LogP) is 4.35. The summed E-state index contributed by atoms with van der Waals surface area (Å²) in [6.07, 6.45) is 4.85. The summed E-state index contributed by atoms with van der Waals surface area (Å²) >= 11 is 0. The van der Waals surface area contributed by atoms with Crippen molar-refractivity contribution in [3.63, 3.8) is 0 Å². The lowest BCUT2D eigenvalue weighted by Crippen LogP contribution is -2.12. The number of amides is 1. The van der Waals surface area contributed by atoms with Crippen molar-refractivity contribution in [2.24, 2.45) is 0 Å². The molecule has 0 atom stereocenters. The first-order valence-electron chi connectivity index (χ1n) is 8.44. The fourth-order valence-electron chi connectivity index (χ4n) is 2.75. The van der Waals surface area contributed by atoms with E-state index in [0.29, 0.717) is 16.9 Å². The van der Waals surface area contributed by atoms with Crippen LogP contribution in [-0.2, 0) is 0 Å². The van der Waals surface area contributed by atoms with Crippen LogP contribution in [0.25, 0.3) is 28.9 Å². The van der Waals surface area contributed by atoms with Gasteiger partial charge in [-0.05, 0) is 24.3 Å². The molecule has 0 unspecified atom stereocenters. The van der Waals surface area contributed by atoms with Crippen LogP contribution in [0.3, 0.4) is 0 Å². The van der Waals surface area contributed by atoms with Gasteiger partial charge >= 0.3 is 6.09 Å². The molecule has 7 nitrogen and oxygen atoms in total. The number of rotatable bonds is 4. The van der Waals surface area contributed by atoms with E-state index >= 15 is 0 Å². The molecule has 0 bridgehead atoms. The van der Waals surface area contributed by atoms with E-state index in [-0.39, 0.29) is 16.9 Å². The zero-order valence-electron chi connectivity index (χ0n) is 14.8. The zero-order chi connectivity index (χ0) is 20.4. The highest BCUT2D eigenvalue weighted by Crippen LogP contribution is 2.23. The molecule has 0 aliphatic carbocycles. The van der Waals surface area contributed by atoms with Gasteiger partial charge in [0.1, 0.15) is 5.82 Å². The largest absolute Gasteiger partial charge is 0.465 e. The third-order valence-electron chi connectivity index (χ3n) is 4.06. The minimum atomic E-state index is -1.24. The van der Waals surface area contributed by atoms with E-state index in [0.717, 1.165) is 12.1 Å². The number of anilines is 1. The molecule has 0 radical (unpaired) electrons. The quantitative estimate of drug-likeness (QED) is 0.538. The number of carboxylic acid groups (broad SMARTS) is 1. The molecule has 0 saturated heterocycles. The van der Waals surface area contributed by atoms with Gasteiger partial charge in [-0.3, -0.25) is 10.3 Å². The Kier molecular flexibility index (Phi) is 4.70. The average Bonchev–Trinajstić information content (AvgIpc) is 3.10. The first-order valence-corrected chi connectivity index (χ1v) is 8.44. The molecular formula is C20H13F2N5O2. The number of benzene rings is 2. The van der Waals surface area contributed by atoms with Crippen molar-refractivity contribution in [3.8, 4) is 5.69 Å². The van der Waals surface area contributed by atoms with Crippen LogP contribution >= 0.6 is 0 Å². The zero-order valence-corrected chi connectivity index (χ0v) is 14.8. The van der Waals surface area contributed by atoms with Gasteiger partial charge in [0, 0.05) is 17.7 Å². The summed E-state index contributed by atoms with van der Waals surface area (Å²) in [6.45, 7) is 0. The van der Waals surface area contributed by atoms with Gasteiger partial charge in [-0.1, -0.05) is 18.2 Å². The van der Waals surface area contributed by atoms with Crippen LogP contribution in [0, 0.1) is 11.6 Å². The monoisotopic (exact) mass is 393 g/mol.